The molecule has 2 aromatic rings. The molecule has 1 fully saturated rings. The van der Waals surface area contributed by atoms with Crippen LogP contribution in [0.4, 0.5) is 5.69 Å². The average molecular weight is 421 g/mol. The fraction of sp³-hybridized carbons (Fsp3) is 0.444. The normalized spacial score (nSPS) is 15.4. The van der Waals surface area contributed by atoms with Crippen LogP contribution in [0.25, 0.3) is 5.69 Å². The predicted molar refractivity (Wildman–Crippen MR) is 106 cm³/mol. The second kappa shape index (κ2) is 8.70. The van der Waals surface area contributed by atoms with E-state index in [1.165, 1.54) is 16.8 Å². The Morgan fingerprint density at radius 3 is 2.69 bits per heavy atom. The van der Waals surface area contributed by atoms with E-state index in [2.05, 4.69) is 9.82 Å². The van der Waals surface area contributed by atoms with Crippen LogP contribution < -0.4 is 4.72 Å². The van der Waals surface area contributed by atoms with Crippen LogP contribution in [-0.4, -0.2) is 58.8 Å². The third kappa shape index (κ3) is 5.18. The monoisotopic (exact) mass is 421 g/mol. The van der Waals surface area contributed by atoms with Gasteiger partial charge in [0.1, 0.15) is 0 Å². The zero-order chi connectivity index (χ0) is 21.0. The lowest BCUT2D eigenvalue weighted by molar-refractivity contribution is -0.384. The number of hydrogen-bond donors (Lipinski definition) is 1. The Balaban J connectivity index is 1.63. The lowest BCUT2D eigenvalue weighted by Gasteiger charge is -2.31. The first-order valence-electron chi connectivity index (χ1n) is 9.39. The highest BCUT2D eigenvalue weighted by atomic mass is 32.2. The molecule has 1 amide bonds. The lowest BCUT2D eigenvalue weighted by atomic mass is 10.1. The summed E-state index contributed by atoms with van der Waals surface area (Å²) in [4.78, 5) is 24.8. The largest absolute Gasteiger partial charge is 0.337 e. The van der Waals surface area contributed by atoms with E-state index in [1.54, 1.807) is 29.3 Å². The Bertz CT molecular complexity index is 996. The minimum absolute atomic E-state index is 0.0570. The highest BCUT2D eigenvalue weighted by molar-refractivity contribution is 7.89. The van der Waals surface area contributed by atoms with Gasteiger partial charge in [-0.3, -0.25) is 14.9 Å². The van der Waals surface area contributed by atoms with Gasteiger partial charge in [0.05, 0.1) is 16.4 Å². The van der Waals surface area contributed by atoms with Crippen molar-refractivity contribution < 1.29 is 18.1 Å². The van der Waals surface area contributed by atoms with E-state index in [1.807, 2.05) is 6.92 Å². The third-order valence-corrected chi connectivity index (χ3v) is 6.35. The van der Waals surface area contributed by atoms with E-state index < -0.39 is 14.9 Å². The predicted octanol–water partition coefficient (Wildman–Crippen LogP) is 1.71. The minimum Gasteiger partial charge on any atom is -0.337 e. The number of non-ortho nitro benzene ring substituents is 1. The van der Waals surface area contributed by atoms with Crippen LogP contribution in [0, 0.1) is 10.1 Å². The number of amides is 1. The number of carbonyl (C=O) groups excluding carboxylic acids is 1. The number of carbonyl (C=O) groups is 1. The van der Waals surface area contributed by atoms with Gasteiger partial charge >= 0.3 is 0 Å². The van der Waals surface area contributed by atoms with Gasteiger partial charge in [0.2, 0.25) is 10.0 Å². The van der Waals surface area contributed by atoms with Crippen molar-refractivity contribution in [1.29, 1.82) is 0 Å². The van der Waals surface area contributed by atoms with Crippen molar-refractivity contribution in [3.05, 3.63) is 52.3 Å². The summed E-state index contributed by atoms with van der Waals surface area (Å²) in [5.41, 5.74) is 0.669. The highest BCUT2D eigenvalue weighted by Crippen LogP contribution is 2.18. The highest BCUT2D eigenvalue weighted by Gasteiger charge is 2.27. The minimum atomic E-state index is -3.28. The van der Waals surface area contributed by atoms with Gasteiger partial charge in [0.25, 0.3) is 11.6 Å². The number of benzene rings is 1. The summed E-state index contributed by atoms with van der Waals surface area (Å²) in [6.07, 6.45) is 3.22. The van der Waals surface area contributed by atoms with E-state index >= 15 is 0 Å². The molecule has 29 heavy (non-hydrogen) atoms. The molecule has 1 aliphatic rings. The van der Waals surface area contributed by atoms with Crippen LogP contribution in [0.15, 0.2) is 36.5 Å². The molecular formula is C18H23N5O5S. The smallest absolute Gasteiger partial charge is 0.274 e. The van der Waals surface area contributed by atoms with Crippen LogP contribution in [0.5, 0.6) is 0 Å². The van der Waals surface area contributed by atoms with Crippen molar-refractivity contribution >= 4 is 21.6 Å². The summed E-state index contributed by atoms with van der Waals surface area (Å²) in [6, 6.07) is 7.39. The first-order valence-corrected chi connectivity index (χ1v) is 11.0. The van der Waals surface area contributed by atoms with Gasteiger partial charge in [0, 0.05) is 37.5 Å². The number of nitro groups is 1. The Morgan fingerprint density at radius 1 is 1.31 bits per heavy atom. The van der Waals surface area contributed by atoms with Crippen molar-refractivity contribution in [3.63, 3.8) is 0 Å². The second-order valence-electron chi connectivity index (χ2n) is 6.93. The molecule has 0 bridgehead atoms. The number of hydrogen-bond acceptors (Lipinski definition) is 6. The van der Waals surface area contributed by atoms with E-state index in [0.29, 0.717) is 38.0 Å². The molecule has 11 heteroatoms. The molecule has 1 aromatic heterocycles. The molecule has 10 nitrogen and oxygen atoms in total. The molecule has 1 aliphatic heterocycles. The summed E-state index contributed by atoms with van der Waals surface area (Å²) in [5, 5.41) is 15.2. The summed E-state index contributed by atoms with van der Waals surface area (Å²) in [6.45, 7) is 2.68. The molecule has 0 unspecified atom stereocenters. The lowest BCUT2D eigenvalue weighted by Crippen LogP contribution is -2.47. The number of nitro benzene ring substituents is 1. The first kappa shape index (κ1) is 20.9. The van der Waals surface area contributed by atoms with Crippen LogP contribution in [0.2, 0.25) is 0 Å². The maximum absolute atomic E-state index is 12.7. The van der Waals surface area contributed by atoms with Crippen LogP contribution >= 0.6 is 0 Å². The number of sulfonamides is 1. The molecule has 2 heterocycles. The van der Waals surface area contributed by atoms with Crippen molar-refractivity contribution in [2.24, 2.45) is 0 Å². The Morgan fingerprint density at radius 2 is 2.03 bits per heavy atom. The summed E-state index contributed by atoms with van der Waals surface area (Å²) in [5.74, 6) is -0.148. The van der Waals surface area contributed by atoms with E-state index in [4.69, 9.17) is 0 Å². The van der Waals surface area contributed by atoms with Crippen molar-refractivity contribution in [2.45, 2.75) is 32.2 Å². The fourth-order valence-corrected chi connectivity index (χ4v) is 4.67. The molecule has 0 atom stereocenters. The van der Waals surface area contributed by atoms with E-state index in [0.717, 1.165) is 0 Å². The molecule has 1 saturated heterocycles. The Labute approximate surface area is 168 Å². The molecule has 1 aromatic carbocycles. The number of rotatable bonds is 7. The molecular weight excluding hydrogens is 398 g/mol. The Kier molecular flexibility index (Phi) is 6.28. The number of nitrogens with zero attached hydrogens (tertiary/aromatic N) is 4. The molecule has 0 saturated carbocycles. The maximum Gasteiger partial charge on any atom is 0.274 e. The quantitative estimate of drug-likeness (QED) is 0.535. The SMILES string of the molecule is CCCS(=O)(=O)NC1CCN(C(=O)c2ccn(-c3cccc([N+](=O)[O-])c3)n2)CC1. The van der Waals surface area contributed by atoms with E-state index in [9.17, 15) is 23.3 Å². The Hall–Kier alpha value is -2.79. The van der Waals surface area contributed by atoms with Crippen molar-refractivity contribution in [3.8, 4) is 5.69 Å². The summed E-state index contributed by atoms with van der Waals surface area (Å²) < 4.78 is 27.9. The number of piperidine rings is 1. The molecule has 156 valence electrons. The fourth-order valence-electron chi connectivity index (χ4n) is 3.27. The summed E-state index contributed by atoms with van der Waals surface area (Å²) in [7, 11) is -3.28. The topological polar surface area (TPSA) is 127 Å². The zero-order valence-corrected chi connectivity index (χ0v) is 16.8. The molecule has 0 spiro atoms. The van der Waals surface area contributed by atoms with Crippen molar-refractivity contribution in [2.75, 3.05) is 18.8 Å². The molecule has 0 aliphatic carbocycles. The van der Waals surface area contributed by atoms with Crippen LogP contribution in [0.1, 0.15) is 36.7 Å². The first-order chi connectivity index (χ1) is 13.8. The zero-order valence-electron chi connectivity index (χ0n) is 16.0. The van der Waals surface area contributed by atoms with Crippen LogP contribution in [-0.2, 0) is 10.0 Å². The van der Waals surface area contributed by atoms with Gasteiger partial charge in [-0.05, 0) is 31.4 Å². The van der Waals surface area contributed by atoms with Gasteiger partial charge in [0.15, 0.2) is 5.69 Å². The standard InChI is InChI=1S/C18H23N5O5S/c1-2-12-29(27,28)20-14-6-9-21(10-7-14)18(24)17-8-11-22(19-17)15-4-3-5-16(13-15)23(25)26/h3-5,8,11,13-14,20H,2,6-7,9-10,12H2,1H3. The van der Waals surface area contributed by atoms with Gasteiger partial charge in [-0.25, -0.2) is 17.8 Å². The van der Waals surface area contributed by atoms with Gasteiger partial charge in [-0.15, -0.1) is 0 Å². The third-order valence-electron chi connectivity index (χ3n) is 4.71. The average Bonchev–Trinajstić information content (AvgIpc) is 3.18. The van der Waals surface area contributed by atoms with Gasteiger partial charge in [-0.2, -0.15) is 5.10 Å². The van der Waals surface area contributed by atoms with Gasteiger partial charge in [-0.1, -0.05) is 13.0 Å². The number of nitrogens with one attached hydrogen (secondary N) is 1. The maximum atomic E-state index is 12.7. The van der Waals surface area contributed by atoms with Gasteiger partial charge < -0.3 is 4.90 Å². The summed E-state index contributed by atoms with van der Waals surface area (Å²) >= 11 is 0. The van der Waals surface area contributed by atoms with Crippen molar-refractivity contribution in [1.82, 2.24) is 19.4 Å². The second-order valence-corrected chi connectivity index (χ2v) is 8.80. The molecule has 1 N–H and O–H groups in total. The molecule has 0 radical (unpaired) electrons. The number of likely N-dealkylation sites (tertiary alicyclic amines) is 1. The van der Waals surface area contributed by atoms with E-state index in [-0.39, 0.29) is 29.1 Å². The number of aromatic nitrogens is 2. The molecule has 3 rings (SSSR count). The van der Waals surface area contributed by atoms with Crippen LogP contribution in [0.3, 0.4) is 0 Å².